The quantitative estimate of drug-likeness (QED) is 0.533. The van der Waals surface area contributed by atoms with Crippen LogP contribution in [0.4, 0.5) is 0 Å². The van der Waals surface area contributed by atoms with Crippen LogP contribution in [0.1, 0.15) is 36.5 Å². The molecule has 2 aromatic carbocycles. The number of rotatable bonds is 4. The second-order valence-electron chi connectivity index (χ2n) is 14.0. The molecule has 2 N–H and O–H groups in total. The molecule has 2 heterocycles. The fourth-order valence-electron chi connectivity index (χ4n) is 6.58. The van der Waals surface area contributed by atoms with Gasteiger partial charge in [0.1, 0.15) is 18.3 Å². The van der Waals surface area contributed by atoms with Gasteiger partial charge in [-0.3, -0.25) is 0 Å². The number of hydrogen-bond acceptors (Lipinski definition) is 6. The van der Waals surface area contributed by atoms with Crippen molar-refractivity contribution >= 4 is 36.5 Å². The summed E-state index contributed by atoms with van der Waals surface area (Å²) in [6.07, 6.45) is -3.99. The van der Waals surface area contributed by atoms with Gasteiger partial charge in [-0.25, -0.2) is 8.42 Å². The minimum Gasteiger partial charge on any atom is -0.390 e. The van der Waals surface area contributed by atoms with Gasteiger partial charge in [-0.15, -0.1) is 0 Å². The van der Waals surface area contributed by atoms with E-state index in [4.69, 9.17) is 9.47 Å². The maximum Gasteiger partial charge on any atom is 0.243 e. The molecule has 214 valence electrons. The first kappa shape index (κ1) is 29.1. The molecular weight excluding hydrogens is 547 g/mol. The van der Waals surface area contributed by atoms with Crippen LogP contribution in [0.5, 0.6) is 0 Å². The molecule has 1 saturated heterocycles. The van der Waals surface area contributed by atoms with Crippen LogP contribution in [0.25, 0.3) is 0 Å². The van der Waals surface area contributed by atoms with E-state index in [2.05, 4.69) is 51.4 Å². The Bertz CT molecular complexity index is 1380. The summed E-state index contributed by atoms with van der Waals surface area (Å²) in [6.45, 7) is 19.6. The zero-order valence-electron chi connectivity index (χ0n) is 24.5. The lowest BCUT2D eigenvalue weighted by molar-refractivity contribution is -0.159. The second kappa shape index (κ2) is 9.32. The largest absolute Gasteiger partial charge is 0.390 e. The van der Waals surface area contributed by atoms with Gasteiger partial charge in [0.2, 0.25) is 10.0 Å². The Morgan fingerprint density at radius 1 is 0.872 bits per heavy atom. The maximum atomic E-state index is 14.3. The molecule has 5 rings (SSSR count). The number of aliphatic hydroxyl groups excluding tert-OH is 2. The molecule has 0 bridgehead atoms. The van der Waals surface area contributed by atoms with Gasteiger partial charge >= 0.3 is 0 Å². The Morgan fingerprint density at radius 3 is 1.97 bits per heavy atom. The summed E-state index contributed by atoms with van der Waals surface area (Å²) in [4.78, 5) is 0.203. The van der Waals surface area contributed by atoms with E-state index in [1.807, 2.05) is 6.92 Å². The van der Waals surface area contributed by atoms with Crippen molar-refractivity contribution in [2.45, 2.75) is 114 Å². The Morgan fingerprint density at radius 2 is 1.41 bits per heavy atom. The number of aryl methyl sites for hydroxylation is 1. The molecule has 3 aliphatic rings. The molecule has 7 nitrogen and oxygen atoms in total. The molecule has 1 aliphatic carbocycles. The van der Waals surface area contributed by atoms with Gasteiger partial charge in [0.25, 0.3) is 0 Å². The summed E-state index contributed by atoms with van der Waals surface area (Å²) < 4.78 is 42.5. The molecule has 2 fully saturated rings. The average Bonchev–Trinajstić information content (AvgIpc) is 3.15. The van der Waals surface area contributed by atoms with Crippen LogP contribution in [0.3, 0.4) is 0 Å². The van der Waals surface area contributed by atoms with E-state index in [1.165, 1.54) is 14.7 Å². The summed E-state index contributed by atoms with van der Waals surface area (Å²) in [5.74, 6) is -1.68. The van der Waals surface area contributed by atoms with E-state index in [0.717, 1.165) is 16.7 Å². The van der Waals surface area contributed by atoms with Crippen molar-refractivity contribution in [3.05, 3.63) is 53.1 Å². The predicted molar refractivity (Wildman–Crippen MR) is 159 cm³/mol. The van der Waals surface area contributed by atoms with Crippen LogP contribution in [0.2, 0.25) is 39.3 Å². The number of aliphatic hydroxyl groups is 2. The first-order chi connectivity index (χ1) is 17.8. The summed E-state index contributed by atoms with van der Waals surface area (Å²) in [6, 6.07) is 10.6. The number of nitrogens with zero attached hydrogens (tertiary/aromatic N) is 1. The maximum absolute atomic E-state index is 14.3. The molecule has 0 amide bonds. The molecule has 2 aliphatic heterocycles. The van der Waals surface area contributed by atoms with Gasteiger partial charge in [-0.2, -0.15) is 4.31 Å². The minimum absolute atomic E-state index is 0.173. The summed E-state index contributed by atoms with van der Waals surface area (Å²) in [7, 11) is -7.56. The van der Waals surface area contributed by atoms with Crippen molar-refractivity contribution in [1.82, 2.24) is 4.31 Å². The molecule has 0 spiro atoms. The number of fused-ring (bicyclic) bond motifs is 5. The Balaban J connectivity index is 1.76. The fourth-order valence-corrected chi connectivity index (χ4v) is 13.4. The third kappa shape index (κ3) is 4.90. The first-order valence-corrected chi connectivity index (χ1v) is 22.2. The van der Waals surface area contributed by atoms with Gasteiger partial charge in [-0.1, -0.05) is 79.5 Å². The monoisotopic (exact) mass is 589 g/mol. The number of ether oxygens (including phenoxy) is 2. The standard InChI is InChI=1S/C29H43NO6SSi2/c1-17-10-12-19(13-11-17)37(33,34)30-16-18-14-21(38(4,5)6)22(39(7,8)9)15-20(18)23-24(30)27-28(26(32)25(23)31)36-29(2,3)35-27/h10-15,23-28,31-32H,16H2,1-9H3/t23?,24?,25-,26+,27+,28-/m1/s1. The van der Waals surface area contributed by atoms with E-state index in [-0.39, 0.29) is 11.4 Å². The van der Waals surface area contributed by atoms with E-state index < -0.39 is 68.3 Å². The second-order valence-corrected chi connectivity index (χ2v) is 26.0. The SMILES string of the molecule is Cc1ccc(S(=O)(=O)N2Cc3cc([Si](C)(C)C)c([Si](C)(C)C)cc3C3C2[C@@H]2OC(C)(C)O[C@@H]2[C@@H](O)[C@@H]3O)cc1. The van der Waals surface area contributed by atoms with Gasteiger partial charge in [-0.05, 0) is 44.0 Å². The van der Waals surface area contributed by atoms with Crippen LogP contribution in [-0.4, -0.2) is 75.3 Å². The highest BCUT2D eigenvalue weighted by Crippen LogP contribution is 2.49. The topological polar surface area (TPSA) is 96.3 Å². The Kier molecular flexibility index (Phi) is 6.96. The molecule has 1 saturated carbocycles. The van der Waals surface area contributed by atoms with Gasteiger partial charge < -0.3 is 19.7 Å². The van der Waals surface area contributed by atoms with E-state index in [1.54, 1.807) is 38.1 Å². The third-order valence-corrected chi connectivity index (χ3v) is 14.6. The molecule has 0 radical (unpaired) electrons. The van der Waals surface area contributed by atoms with Gasteiger partial charge in [0.15, 0.2) is 5.79 Å². The van der Waals surface area contributed by atoms with Crippen LogP contribution in [0, 0.1) is 6.92 Å². The van der Waals surface area contributed by atoms with E-state index in [9.17, 15) is 18.6 Å². The van der Waals surface area contributed by atoms with E-state index in [0.29, 0.717) is 0 Å². The number of sulfonamides is 1. The van der Waals surface area contributed by atoms with E-state index >= 15 is 0 Å². The first-order valence-electron chi connectivity index (χ1n) is 13.8. The highest BCUT2D eigenvalue weighted by Gasteiger charge is 2.62. The Hall–Kier alpha value is -1.38. The summed E-state index contributed by atoms with van der Waals surface area (Å²) in [5.41, 5.74) is 2.79. The van der Waals surface area contributed by atoms with Crippen molar-refractivity contribution in [2.24, 2.45) is 0 Å². The third-order valence-electron chi connectivity index (χ3n) is 8.46. The average molecular weight is 590 g/mol. The zero-order valence-corrected chi connectivity index (χ0v) is 27.3. The summed E-state index contributed by atoms with van der Waals surface area (Å²) in [5, 5.41) is 25.6. The lowest BCUT2D eigenvalue weighted by Crippen LogP contribution is -2.66. The van der Waals surface area contributed by atoms with Crippen molar-refractivity contribution in [2.75, 3.05) is 0 Å². The molecular formula is C29H43NO6SSi2. The van der Waals surface area contributed by atoms with Crippen LogP contribution in [-0.2, 0) is 26.0 Å². The molecule has 2 aromatic rings. The van der Waals surface area contributed by atoms with Crippen LogP contribution in [0.15, 0.2) is 41.3 Å². The lowest BCUT2D eigenvalue weighted by Gasteiger charge is -2.51. The Labute approximate surface area is 235 Å². The van der Waals surface area contributed by atoms with Gasteiger partial charge in [0, 0.05) is 12.5 Å². The molecule has 0 aromatic heterocycles. The van der Waals surface area contributed by atoms with Crippen molar-refractivity contribution in [1.29, 1.82) is 0 Å². The van der Waals surface area contributed by atoms with Crippen molar-refractivity contribution in [3.8, 4) is 0 Å². The molecule has 10 heteroatoms. The number of benzene rings is 2. The molecule has 6 atom stereocenters. The lowest BCUT2D eigenvalue weighted by atomic mass is 9.70. The predicted octanol–water partition coefficient (Wildman–Crippen LogP) is 3.00. The zero-order chi connectivity index (χ0) is 28.9. The van der Waals surface area contributed by atoms with Crippen molar-refractivity contribution < 1.29 is 28.1 Å². The number of hydrogen-bond donors (Lipinski definition) is 2. The van der Waals surface area contributed by atoms with Crippen molar-refractivity contribution in [3.63, 3.8) is 0 Å². The van der Waals surface area contributed by atoms with Crippen LogP contribution < -0.4 is 10.4 Å². The minimum atomic E-state index is -3.97. The summed E-state index contributed by atoms with van der Waals surface area (Å²) >= 11 is 0. The molecule has 39 heavy (non-hydrogen) atoms. The molecule has 2 unspecified atom stereocenters. The smallest absolute Gasteiger partial charge is 0.243 e. The highest BCUT2D eigenvalue weighted by molar-refractivity contribution is 7.89. The normalized spacial score (nSPS) is 30.9. The fraction of sp³-hybridized carbons (Fsp3) is 0.586. The van der Waals surface area contributed by atoms with Crippen LogP contribution >= 0.6 is 0 Å². The van der Waals surface area contributed by atoms with Gasteiger partial charge in [0.05, 0.1) is 33.2 Å². The highest BCUT2D eigenvalue weighted by atomic mass is 32.2.